The molecule has 6 N–H and O–H groups in total. The molecule has 4 aromatic rings. The summed E-state index contributed by atoms with van der Waals surface area (Å²) in [6, 6.07) is 21.8. The average Bonchev–Trinajstić information content (AvgIpc) is 3.28. The maximum absolute atomic E-state index is 14.2. The highest BCUT2D eigenvalue weighted by molar-refractivity contribution is 5.96. The first kappa shape index (κ1) is 47.3. The Kier molecular flexibility index (Phi) is 16.8. The number of methoxy groups -OCH3 is 2. The normalized spacial score (nSPS) is 16.1. The van der Waals surface area contributed by atoms with Gasteiger partial charge in [-0.1, -0.05) is 61.9 Å². The Labute approximate surface area is 368 Å². The zero-order chi connectivity index (χ0) is 45.6. The van der Waals surface area contributed by atoms with E-state index in [0.717, 1.165) is 24.0 Å². The second kappa shape index (κ2) is 22.4. The van der Waals surface area contributed by atoms with Gasteiger partial charge in [0.05, 0.1) is 20.8 Å². The fourth-order valence-corrected chi connectivity index (χ4v) is 7.51. The van der Waals surface area contributed by atoms with Crippen LogP contribution < -0.4 is 31.2 Å². The van der Waals surface area contributed by atoms with E-state index in [4.69, 9.17) is 15.2 Å². The minimum atomic E-state index is -1.32. The number of carbonyl (C=O) groups excluding carboxylic acids is 5. The van der Waals surface area contributed by atoms with E-state index in [-0.39, 0.29) is 37.7 Å². The molecule has 4 bridgehead atoms. The van der Waals surface area contributed by atoms with Crippen LogP contribution in [0.3, 0.4) is 0 Å². The van der Waals surface area contributed by atoms with E-state index in [9.17, 15) is 33.9 Å². The summed E-state index contributed by atoms with van der Waals surface area (Å²) >= 11 is 0. The molecule has 63 heavy (non-hydrogen) atoms. The molecule has 0 unspecified atom stereocenters. The number of aryl methyl sites for hydroxylation is 1. The number of benzene rings is 4. The van der Waals surface area contributed by atoms with Gasteiger partial charge in [-0.3, -0.25) is 24.0 Å². The molecule has 5 rings (SSSR count). The molecule has 0 saturated carbocycles. The molecular weight excluding hydrogens is 805 g/mol. The van der Waals surface area contributed by atoms with E-state index in [2.05, 4.69) is 47.1 Å². The number of nitrogens with two attached hydrogens (primary N) is 1. The number of aliphatic carboxylic acids is 1. The van der Waals surface area contributed by atoms with Crippen LogP contribution in [0.5, 0.6) is 11.5 Å². The van der Waals surface area contributed by atoms with Crippen molar-refractivity contribution in [2.45, 2.75) is 70.5 Å². The van der Waals surface area contributed by atoms with Gasteiger partial charge in [-0.2, -0.15) is 0 Å². The Hall–Kier alpha value is -6.74. The molecule has 1 aliphatic heterocycles. The molecular formula is C48H58N6O9. The summed E-state index contributed by atoms with van der Waals surface area (Å²) < 4.78 is 11.4. The number of amides is 5. The lowest BCUT2D eigenvalue weighted by molar-refractivity contribution is -0.144. The highest BCUT2D eigenvalue weighted by Crippen LogP contribution is 2.39. The molecule has 0 fully saturated rings. The monoisotopic (exact) mass is 862 g/mol. The fourth-order valence-electron chi connectivity index (χ4n) is 7.51. The van der Waals surface area contributed by atoms with Crippen LogP contribution in [0, 0.1) is 0 Å². The van der Waals surface area contributed by atoms with Crippen LogP contribution in [0.1, 0.15) is 72.6 Å². The minimum absolute atomic E-state index is 0.0166. The molecule has 4 aromatic carbocycles. The summed E-state index contributed by atoms with van der Waals surface area (Å²) in [4.78, 5) is 83.5. The molecule has 334 valence electrons. The number of nitrogens with zero attached hydrogens (tertiary/aromatic N) is 2. The van der Waals surface area contributed by atoms with Gasteiger partial charge in [-0.15, -0.1) is 0 Å². The van der Waals surface area contributed by atoms with Gasteiger partial charge in [-0.05, 0) is 96.9 Å². The maximum Gasteiger partial charge on any atom is 0.326 e. The van der Waals surface area contributed by atoms with Crippen LogP contribution in [0.25, 0.3) is 22.3 Å². The SMILES string of the molecule is CCCc1ccc(-c2ccc(C(=O)NCCC(=O)N(CCCCN)CC(=O)N(C)[C@@H]3C(=O)N[C@@H](C)C(=O)N[C@H](C(=O)O)Cc4ccc(OC)c(c4)-c4cc3ccc4OC)cc2)cc1. The van der Waals surface area contributed by atoms with Crippen LogP contribution in [0.15, 0.2) is 84.9 Å². The standard InChI is InChI=1S/C48H58N6O9/c1-6-9-31-10-13-33(14-11-31)34-15-17-35(18-16-34)46(58)50-24-22-42(55)54(25-8-7-23-49)29-43(56)53(3)44-36-19-21-41(63-5)38(28-36)37-26-32(12-20-40(37)62-4)27-39(48(60)61)52-45(57)30(2)51-47(44)59/h10-21,26,28,30,39,44H,6-9,22-25,27,29,49H2,1-5H3,(H,50,58)(H,51,59)(H,52,57)(H,60,61)/t30-,39-,44-/m0/s1. The molecule has 3 atom stereocenters. The summed E-state index contributed by atoms with van der Waals surface area (Å²) in [5.74, 6) is -3.20. The van der Waals surface area contributed by atoms with Crippen LogP contribution in [-0.2, 0) is 36.8 Å². The maximum atomic E-state index is 14.2. The number of unbranched alkanes of at least 4 members (excludes halogenated alkanes) is 1. The smallest absolute Gasteiger partial charge is 0.326 e. The number of carboxylic acids is 1. The largest absolute Gasteiger partial charge is 0.496 e. The van der Waals surface area contributed by atoms with Gasteiger partial charge in [0, 0.05) is 49.7 Å². The van der Waals surface area contributed by atoms with Gasteiger partial charge in [0.15, 0.2) is 0 Å². The number of nitrogens with one attached hydrogen (secondary N) is 3. The van der Waals surface area contributed by atoms with Crippen molar-refractivity contribution in [3.05, 3.63) is 107 Å². The molecule has 1 heterocycles. The van der Waals surface area contributed by atoms with E-state index < -0.39 is 48.4 Å². The number of carbonyl (C=O) groups is 6. The highest BCUT2D eigenvalue weighted by atomic mass is 16.5. The summed E-state index contributed by atoms with van der Waals surface area (Å²) in [6.07, 6.45) is 3.03. The average molecular weight is 863 g/mol. The van der Waals surface area contributed by atoms with Gasteiger partial charge in [-0.25, -0.2) is 4.79 Å². The lowest BCUT2D eigenvalue weighted by Crippen LogP contribution is -2.53. The van der Waals surface area contributed by atoms with Crippen molar-refractivity contribution in [1.29, 1.82) is 0 Å². The third-order valence-corrected chi connectivity index (χ3v) is 11.1. The van der Waals surface area contributed by atoms with Crippen LogP contribution >= 0.6 is 0 Å². The number of carboxylic acid groups (broad SMARTS) is 1. The van der Waals surface area contributed by atoms with Crippen molar-refractivity contribution < 1.29 is 43.3 Å². The van der Waals surface area contributed by atoms with E-state index >= 15 is 0 Å². The molecule has 0 aromatic heterocycles. The Morgan fingerprint density at radius 2 is 1.46 bits per heavy atom. The number of fused-ring (bicyclic) bond motifs is 5. The first-order valence-corrected chi connectivity index (χ1v) is 21.2. The third-order valence-electron chi connectivity index (χ3n) is 11.1. The van der Waals surface area contributed by atoms with Crippen molar-refractivity contribution in [3.63, 3.8) is 0 Å². The number of likely N-dealkylation sites (N-methyl/N-ethyl adjacent to an activating group) is 1. The Morgan fingerprint density at radius 3 is 2.08 bits per heavy atom. The molecule has 0 aliphatic carbocycles. The molecule has 0 spiro atoms. The van der Waals surface area contributed by atoms with E-state index in [1.54, 1.807) is 48.5 Å². The molecule has 1 aliphatic rings. The Morgan fingerprint density at radius 1 is 0.825 bits per heavy atom. The van der Waals surface area contributed by atoms with Gasteiger partial charge in [0.2, 0.25) is 23.6 Å². The van der Waals surface area contributed by atoms with Crippen molar-refractivity contribution in [2.24, 2.45) is 5.73 Å². The van der Waals surface area contributed by atoms with Gasteiger partial charge >= 0.3 is 5.97 Å². The van der Waals surface area contributed by atoms with E-state index in [0.29, 0.717) is 58.7 Å². The molecule has 5 amide bonds. The van der Waals surface area contributed by atoms with Crippen molar-refractivity contribution >= 4 is 35.5 Å². The summed E-state index contributed by atoms with van der Waals surface area (Å²) in [6.45, 7) is 3.76. The van der Waals surface area contributed by atoms with Gasteiger partial charge < -0.3 is 46.1 Å². The molecule has 15 heteroatoms. The van der Waals surface area contributed by atoms with Crippen LogP contribution in [0.2, 0.25) is 0 Å². The quantitative estimate of drug-likeness (QED) is 0.0939. The predicted octanol–water partition coefficient (Wildman–Crippen LogP) is 4.51. The molecule has 15 nitrogen and oxygen atoms in total. The van der Waals surface area contributed by atoms with E-state index in [1.807, 2.05) is 12.1 Å². The zero-order valence-corrected chi connectivity index (χ0v) is 36.6. The van der Waals surface area contributed by atoms with E-state index in [1.165, 1.54) is 43.6 Å². The van der Waals surface area contributed by atoms with Crippen LogP contribution in [-0.4, -0.2) is 110 Å². The second-order valence-electron chi connectivity index (χ2n) is 15.6. The van der Waals surface area contributed by atoms with Gasteiger partial charge in [0.25, 0.3) is 5.91 Å². The topological polar surface area (TPSA) is 210 Å². The lowest BCUT2D eigenvalue weighted by atomic mass is 9.93. The van der Waals surface area contributed by atoms with Crippen molar-refractivity contribution in [3.8, 4) is 33.8 Å². The summed E-state index contributed by atoms with van der Waals surface area (Å²) in [5, 5.41) is 18.0. The first-order chi connectivity index (χ1) is 30.3. The number of ether oxygens (including phenoxy) is 2. The van der Waals surface area contributed by atoms with Crippen molar-refractivity contribution in [2.75, 3.05) is 47.4 Å². The minimum Gasteiger partial charge on any atom is -0.496 e. The third kappa shape index (κ3) is 12.2. The van der Waals surface area contributed by atoms with Gasteiger partial charge in [0.1, 0.15) is 29.6 Å². The molecule has 0 saturated heterocycles. The second-order valence-corrected chi connectivity index (χ2v) is 15.6. The molecule has 0 radical (unpaired) electrons. The first-order valence-electron chi connectivity index (χ1n) is 21.2. The predicted molar refractivity (Wildman–Crippen MR) is 239 cm³/mol. The lowest BCUT2D eigenvalue weighted by Gasteiger charge is -2.32. The number of hydrogen-bond donors (Lipinski definition) is 5. The summed E-state index contributed by atoms with van der Waals surface area (Å²) in [7, 11) is 4.40. The zero-order valence-electron chi connectivity index (χ0n) is 36.6. The highest BCUT2D eigenvalue weighted by Gasteiger charge is 2.34. The van der Waals surface area contributed by atoms with Crippen LogP contribution in [0.4, 0.5) is 0 Å². The number of rotatable bonds is 17. The van der Waals surface area contributed by atoms with Crippen molar-refractivity contribution in [1.82, 2.24) is 25.8 Å². The fraction of sp³-hybridized carbons (Fsp3) is 0.375. The number of hydrogen-bond acceptors (Lipinski definition) is 9. The Balaban J connectivity index is 1.36. The Bertz CT molecular complexity index is 2260. The summed E-state index contributed by atoms with van der Waals surface area (Å²) in [5.41, 5.74) is 11.5.